The van der Waals surface area contributed by atoms with E-state index in [4.69, 9.17) is 10.5 Å². The molecular weight excluding hydrogens is 506 g/mol. The molecule has 5 heteroatoms. The van der Waals surface area contributed by atoms with Gasteiger partial charge in [0.2, 0.25) is 5.91 Å². The molecule has 1 saturated heterocycles. The number of likely N-dealkylation sites (tertiary alicyclic amines) is 1. The third-order valence-electron chi connectivity index (χ3n) is 9.18. The van der Waals surface area contributed by atoms with E-state index in [0.717, 1.165) is 45.1 Å². The molecule has 1 saturated carbocycles. The number of piperidine rings is 1. The zero-order valence-corrected chi connectivity index (χ0v) is 24.5. The van der Waals surface area contributed by atoms with E-state index in [1.165, 1.54) is 56.1 Å². The van der Waals surface area contributed by atoms with Gasteiger partial charge in [0.05, 0.1) is 6.61 Å². The summed E-state index contributed by atoms with van der Waals surface area (Å²) in [6.07, 6.45) is 10.2. The first-order valence-electron chi connectivity index (χ1n) is 15.7. The second kappa shape index (κ2) is 15.2. The first kappa shape index (κ1) is 29.3. The molecule has 1 heterocycles. The van der Waals surface area contributed by atoms with E-state index < -0.39 is 5.91 Å². The van der Waals surface area contributed by atoms with Crippen LogP contribution in [0.25, 0.3) is 0 Å². The van der Waals surface area contributed by atoms with Gasteiger partial charge in [-0.1, -0.05) is 86.0 Å². The number of ether oxygens (including phenoxy) is 1. The summed E-state index contributed by atoms with van der Waals surface area (Å²) in [4.78, 5) is 17.0. The zero-order valence-electron chi connectivity index (χ0n) is 24.5. The van der Waals surface area contributed by atoms with Gasteiger partial charge in [0.25, 0.3) is 0 Å². The number of carbonyl (C=O) groups excluding carboxylic acids is 1. The number of rotatable bonds is 13. The van der Waals surface area contributed by atoms with Gasteiger partial charge >= 0.3 is 0 Å². The molecule has 0 bridgehead atoms. The van der Waals surface area contributed by atoms with Crippen molar-refractivity contribution in [3.63, 3.8) is 0 Å². The SMILES string of the molecule is NC(=O)c1cccc(OCCCN(CC(c2ccccc2)C2CCCCC2)C2CCN(Cc3ccccc3)CC2)c1. The zero-order chi connectivity index (χ0) is 28.3. The van der Waals surface area contributed by atoms with Crippen LogP contribution in [0, 0.1) is 5.92 Å². The molecule has 0 spiro atoms. The van der Waals surface area contributed by atoms with Gasteiger partial charge in [0.1, 0.15) is 5.75 Å². The highest BCUT2D eigenvalue weighted by Gasteiger charge is 2.31. The normalized spacial score (nSPS) is 17.9. The molecule has 5 rings (SSSR count). The molecule has 2 fully saturated rings. The monoisotopic (exact) mass is 553 g/mol. The third-order valence-corrected chi connectivity index (χ3v) is 9.18. The van der Waals surface area contributed by atoms with Gasteiger partial charge < -0.3 is 10.5 Å². The van der Waals surface area contributed by atoms with E-state index in [-0.39, 0.29) is 0 Å². The van der Waals surface area contributed by atoms with Crippen LogP contribution < -0.4 is 10.5 Å². The third kappa shape index (κ3) is 8.67. The standard InChI is InChI=1S/C36H47N3O2/c37-36(40)32-18-10-19-34(26-32)41-25-11-22-39(33-20-23-38(24-21-33)27-29-12-4-1-5-13-29)28-35(30-14-6-2-7-15-30)31-16-8-3-9-17-31/h1-2,4-7,10,12-15,18-19,26,31,33,35H,3,8-9,11,16-17,20-25,27-28H2,(H2,37,40). The van der Waals surface area contributed by atoms with E-state index >= 15 is 0 Å². The van der Waals surface area contributed by atoms with E-state index in [1.54, 1.807) is 12.1 Å². The molecule has 1 unspecified atom stereocenters. The minimum atomic E-state index is -0.421. The van der Waals surface area contributed by atoms with Gasteiger partial charge in [-0.25, -0.2) is 0 Å². The van der Waals surface area contributed by atoms with Gasteiger partial charge in [0.15, 0.2) is 0 Å². The second-order valence-electron chi connectivity index (χ2n) is 12.0. The van der Waals surface area contributed by atoms with Gasteiger partial charge in [-0.3, -0.25) is 14.6 Å². The van der Waals surface area contributed by atoms with Crippen LogP contribution in [0.15, 0.2) is 84.9 Å². The van der Waals surface area contributed by atoms with Crippen LogP contribution >= 0.6 is 0 Å². The number of primary amides is 1. The van der Waals surface area contributed by atoms with Crippen LogP contribution in [0.5, 0.6) is 5.75 Å². The van der Waals surface area contributed by atoms with E-state index in [1.807, 2.05) is 12.1 Å². The highest BCUT2D eigenvalue weighted by molar-refractivity contribution is 5.93. The molecule has 1 amide bonds. The predicted octanol–water partition coefficient (Wildman–Crippen LogP) is 6.89. The Morgan fingerprint density at radius 1 is 0.878 bits per heavy atom. The van der Waals surface area contributed by atoms with Crippen molar-refractivity contribution >= 4 is 5.91 Å². The summed E-state index contributed by atoms with van der Waals surface area (Å²) in [5, 5.41) is 0. The van der Waals surface area contributed by atoms with Crippen LogP contribution in [-0.4, -0.2) is 54.5 Å². The Morgan fingerprint density at radius 3 is 2.29 bits per heavy atom. The van der Waals surface area contributed by atoms with E-state index in [2.05, 4.69) is 70.5 Å². The summed E-state index contributed by atoms with van der Waals surface area (Å²) >= 11 is 0. The molecule has 3 aromatic rings. The Balaban J connectivity index is 1.25. The smallest absolute Gasteiger partial charge is 0.248 e. The quantitative estimate of drug-likeness (QED) is 0.234. The van der Waals surface area contributed by atoms with Gasteiger partial charge in [-0.2, -0.15) is 0 Å². The summed E-state index contributed by atoms with van der Waals surface area (Å²) < 4.78 is 6.08. The van der Waals surface area contributed by atoms with Crippen LogP contribution in [0.3, 0.4) is 0 Å². The van der Waals surface area contributed by atoms with Crippen molar-refractivity contribution in [1.29, 1.82) is 0 Å². The molecule has 1 aliphatic heterocycles. The summed E-state index contributed by atoms with van der Waals surface area (Å²) in [6, 6.07) is 30.0. The topological polar surface area (TPSA) is 58.8 Å². The first-order chi connectivity index (χ1) is 20.2. The van der Waals surface area contributed by atoms with E-state index in [9.17, 15) is 4.79 Å². The average Bonchev–Trinajstić information content (AvgIpc) is 3.03. The van der Waals surface area contributed by atoms with Crippen LogP contribution in [-0.2, 0) is 6.54 Å². The van der Waals surface area contributed by atoms with Crippen LogP contribution in [0.2, 0.25) is 0 Å². The molecule has 3 aromatic carbocycles. The number of nitrogens with two attached hydrogens (primary N) is 1. The van der Waals surface area contributed by atoms with Crippen molar-refractivity contribution in [2.75, 3.05) is 32.8 Å². The number of hydrogen-bond acceptors (Lipinski definition) is 4. The Kier molecular flexibility index (Phi) is 10.9. The fourth-order valence-corrected chi connectivity index (χ4v) is 6.92. The Bertz CT molecular complexity index is 1190. The highest BCUT2D eigenvalue weighted by Crippen LogP contribution is 2.37. The Hall–Kier alpha value is -3.15. The van der Waals surface area contributed by atoms with Crippen molar-refractivity contribution in [1.82, 2.24) is 9.80 Å². The maximum absolute atomic E-state index is 11.6. The van der Waals surface area contributed by atoms with Gasteiger partial charge in [0, 0.05) is 31.2 Å². The Morgan fingerprint density at radius 2 is 1.59 bits per heavy atom. The number of benzene rings is 3. The largest absolute Gasteiger partial charge is 0.494 e. The summed E-state index contributed by atoms with van der Waals surface area (Å²) in [7, 11) is 0. The van der Waals surface area contributed by atoms with Crippen molar-refractivity contribution in [3.05, 3.63) is 102 Å². The predicted molar refractivity (Wildman–Crippen MR) is 167 cm³/mol. The first-order valence-corrected chi connectivity index (χ1v) is 15.7. The maximum atomic E-state index is 11.6. The lowest BCUT2D eigenvalue weighted by molar-refractivity contribution is 0.0851. The fourth-order valence-electron chi connectivity index (χ4n) is 6.92. The molecule has 5 nitrogen and oxygen atoms in total. The minimum Gasteiger partial charge on any atom is -0.494 e. The highest BCUT2D eigenvalue weighted by atomic mass is 16.5. The number of nitrogens with zero attached hydrogens (tertiary/aromatic N) is 2. The molecule has 218 valence electrons. The van der Waals surface area contributed by atoms with Gasteiger partial charge in [-0.05, 0) is 86.4 Å². The van der Waals surface area contributed by atoms with Crippen molar-refractivity contribution in [2.24, 2.45) is 11.7 Å². The Labute approximate surface area is 246 Å². The number of hydrogen-bond donors (Lipinski definition) is 1. The lowest BCUT2D eigenvalue weighted by Gasteiger charge is -2.42. The summed E-state index contributed by atoms with van der Waals surface area (Å²) in [6.45, 7) is 6.10. The van der Waals surface area contributed by atoms with Crippen molar-refractivity contribution in [2.45, 2.75) is 69.9 Å². The molecule has 2 N–H and O–H groups in total. The number of carbonyl (C=O) groups is 1. The molecule has 1 atom stereocenters. The lowest BCUT2D eigenvalue weighted by atomic mass is 9.76. The summed E-state index contributed by atoms with van der Waals surface area (Å²) in [5.41, 5.74) is 8.86. The fraction of sp³-hybridized carbons (Fsp3) is 0.472. The second-order valence-corrected chi connectivity index (χ2v) is 12.0. The minimum absolute atomic E-state index is 0.421. The van der Waals surface area contributed by atoms with Gasteiger partial charge in [-0.15, -0.1) is 0 Å². The lowest BCUT2D eigenvalue weighted by Crippen LogP contribution is -2.47. The van der Waals surface area contributed by atoms with Crippen molar-refractivity contribution < 1.29 is 9.53 Å². The van der Waals surface area contributed by atoms with Crippen molar-refractivity contribution in [3.8, 4) is 5.75 Å². The molecule has 2 aliphatic rings. The molecular formula is C36H47N3O2. The molecule has 0 aromatic heterocycles. The molecule has 0 radical (unpaired) electrons. The van der Waals surface area contributed by atoms with E-state index in [0.29, 0.717) is 29.9 Å². The maximum Gasteiger partial charge on any atom is 0.248 e. The van der Waals surface area contributed by atoms with Crippen LogP contribution in [0.4, 0.5) is 0 Å². The average molecular weight is 554 g/mol. The number of amides is 1. The summed E-state index contributed by atoms with van der Waals surface area (Å²) in [5.74, 6) is 1.63. The molecule has 41 heavy (non-hydrogen) atoms. The molecule has 1 aliphatic carbocycles. The van der Waals surface area contributed by atoms with Crippen LogP contribution in [0.1, 0.15) is 78.8 Å².